The Morgan fingerprint density at radius 2 is 2.15 bits per heavy atom. The van der Waals surface area contributed by atoms with Gasteiger partial charge in [0.15, 0.2) is 0 Å². The second-order valence-electron chi connectivity index (χ2n) is 5.53. The third kappa shape index (κ3) is 4.78. The molecule has 0 saturated carbocycles. The summed E-state index contributed by atoms with van der Waals surface area (Å²) in [5.74, 6) is 0.496. The van der Waals surface area contributed by atoms with Gasteiger partial charge in [-0.3, -0.25) is 0 Å². The Hall–Kier alpha value is -1.10. The maximum atomic E-state index is 9.36. The second-order valence-corrected chi connectivity index (χ2v) is 6.56. The van der Waals surface area contributed by atoms with Gasteiger partial charge in [0.2, 0.25) is 0 Å². The highest BCUT2D eigenvalue weighted by Gasteiger charge is 2.07. The Balaban J connectivity index is 1.80. The average molecular weight is 292 g/mol. The molecule has 3 nitrogen and oxygen atoms in total. The summed E-state index contributed by atoms with van der Waals surface area (Å²) >= 11 is 1.80. The molecule has 0 saturated heterocycles. The van der Waals surface area contributed by atoms with Crippen molar-refractivity contribution in [2.75, 3.05) is 6.54 Å². The van der Waals surface area contributed by atoms with E-state index in [-0.39, 0.29) is 6.10 Å². The van der Waals surface area contributed by atoms with Crippen molar-refractivity contribution in [2.45, 2.75) is 39.5 Å². The first-order valence-electron chi connectivity index (χ1n) is 7.20. The summed E-state index contributed by atoms with van der Waals surface area (Å²) in [4.78, 5) is 1.38. The molecule has 0 fully saturated rings. The fourth-order valence-electron chi connectivity index (χ4n) is 2.45. The van der Waals surface area contributed by atoms with Crippen LogP contribution >= 0.6 is 11.3 Å². The smallest absolute Gasteiger partial charge is 0.0566 e. The van der Waals surface area contributed by atoms with Crippen LogP contribution in [0, 0.1) is 5.92 Å². The molecule has 2 aromatic heterocycles. The van der Waals surface area contributed by atoms with Crippen LogP contribution in [-0.2, 0) is 13.1 Å². The van der Waals surface area contributed by atoms with E-state index in [1.165, 1.54) is 10.6 Å². The molecule has 110 valence electrons. The molecule has 2 atom stereocenters. The largest absolute Gasteiger partial charge is 0.393 e. The van der Waals surface area contributed by atoms with Gasteiger partial charge in [0.05, 0.1) is 12.6 Å². The van der Waals surface area contributed by atoms with Crippen LogP contribution < -0.4 is 5.32 Å². The van der Waals surface area contributed by atoms with Crippen LogP contribution in [0.25, 0.3) is 0 Å². The Kier molecular flexibility index (Phi) is 5.83. The molecule has 20 heavy (non-hydrogen) atoms. The standard InChI is InChI=1S/C16H24N2OS/c1-13(9-14(2)19)10-17-11-15-5-3-7-18(15)12-16-6-4-8-20-16/h3-8,13-14,17,19H,9-12H2,1-2H3. The van der Waals surface area contributed by atoms with Gasteiger partial charge in [-0.05, 0) is 49.4 Å². The van der Waals surface area contributed by atoms with E-state index in [0.717, 1.165) is 26.1 Å². The number of nitrogens with zero attached hydrogens (tertiary/aromatic N) is 1. The van der Waals surface area contributed by atoms with E-state index in [4.69, 9.17) is 0 Å². The summed E-state index contributed by atoms with van der Waals surface area (Å²) in [5, 5.41) is 15.0. The molecule has 2 heterocycles. The maximum Gasteiger partial charge on any atom is 0.0566 e. The van der Waals surface area contributed by atoms with Gasteiger partial charge in [0.1, 0.15) is 0 Å². The van der Waals surface area contributed by atoms with Gasteiger partial charge >= 0.3 is 0 Å². The molecule has 0 bridgehead atoms. The topological polar surface area (TPSA) is 37.2 Å². The highest BCUT2D eigenvalue weighted by Crippen LogP contribution is 2.13. The minimum atomic E-state index is -0.213. The van der Waals surface area contributed by atoms with Crippen LogP contribution in [0.15, 0.2) is 35.8 Å². The SMILES string of the molecule is CC(O)CC(C)CNCc1cccn1Cc1cccs1. The number of aliphatic hydroxyl groups excluding tert-OH is 1. The maximum absolute atomic E-state index is 9.36. The van der Waals surface area contributed by atoms with Crippen molar-refractivity contribution in [3.8, 4) is 0 Å². The fourth-order valence-corrected chi connectivity index (χ4v) is 3.15. The first-order valence-corrected chi connectivity index (χ1v) is 8.08. The summed E-state index contributed by atoms with van der Waals surface area (Å²) in [7, 11) is 0. The summed E-state index contributed by atoms with van der Waals surface area (Å²) in [6.45, 7) is 6.79. The lowest BCUT2D eigenvalue weighted by atomic mass is 10.0. The van der Waals surface area contributed by atoms with Crippen LogP contribution in [0.1, 0.15) is 30.8 Å². The number of hydrogen-bond acceptors (Lipinski definition) is 3. The van der Waals surface area contributed by atoms with Crippen molar-refractivity contribution in [3.05, 3.63) is 46.4 Å². The predicted molar refractivity (Wildman–Crippen MR) is 85.0 cm³/mol. The van der Waals surface area contributed by atoms with Gasteiger partial charge in [-0.25, -0.2) is 0 Å². The van der Waals surface area contributed by atoms with E-state index < -0.39 is 0 Å². The van der Waals surface area contributed by atoms with Crippen molar-refractivity contribution in [1.82, 2.24) is 9.88 Å². The zero-order valence-electron chi connectivity index (χ0n) is 12.2. The van der Waals surface area contributed by atoms with Gasteiger partial charge in [-0.15, -0.1) is 11.3 Å². The Morgan fingerprint density at radius 1 is 1.30 bits per heavy atom. The third-order valence-corrected chi connectivity index (χ3v) is 4.23. The van der Waals surface area contributed by atoms with E-state index >= 15 is 0 Å². The zero-order valence-corrected chi connectivity index (χ0v) is 13.1. The lowest BCUT2D eigenvalue weighted by molar-refractivity contribution is 0.163. The molecule has 2 N–H and O–H groups in total. The Bertz CT molecular complexity index is 490. The minimum Gasteiger partial charge on any atom is -0.393 e. The summed E-state index contributed by atoms with van der Waals surface area (Å²) in [6.07, 6.45) is 2.77. The molecule has 2 rings (SSSR count). The molecule has 0 aromatic carbocycles. The molecule has 2 unspecified atom stereocenters. The van der Waals surface area contributed by atoms with E-state index in [1.54, 1.807) is 11.3 Å². The first kappa shape index (κ1) is 15.3. The number of thiophene rings is 1. The number of rotatable bonds is 8. The Morgan fingerprint density at radius 3 is 2.85 bits per heavy atom. The molecule has 0 aliphatic heterocycles. The predicted octanol–water partition coefficient (Wildman–Crippen LogP) is 3.09. The molecular formula is C16H24N2OS. The molecule has 0 amide bonds. The van der Waals surface area contributed by atoms with Gasteiger partial charge in [-0.2, -0.15) is 0 Å². The van der Waals surface area contributed by atoms with E-state index in [0.29, 0.717) is 5.92 Å². The average Bonchev–Trinajstić information content (AvgIpc) is 3.01. The molecule has 0 aliphatic carbocycles. The van der Waals surface area contributed by atoms with Crippen LogP contribution in [0.4, 0.5) is 0 Å². The highest BCUT2D eigenvalue weighted by atomic mass is 32.1. The van der Waals surface area contributed by atoms with Crippen molar-refractivity contribution in [3.63, 3.8) is 0 Å². The van der Waals surface area contributed by atoms with Crippen molar-refractivity contribution in [1.29, 1.82) is 0 Å². The molecule has 0 spiro atoms. The number of hydrogen-bond donors (Lipinski definition) is 2. The number of aromatic nitrogens is 1. The molecule has 0 aliphatic rings. The van der Waals surface area contributed by atoms with Gasteiger partial charge < -0.3 is 15.0 Å². The van der Waals surface area contributed by atoms with E-state index in [9.17, 15) is 5.11 Å². The first-order chi connectivity index (χ1) is 9.65. The van der Waals surface area contributed by atoms with E-state index in [1.807, 2.05) is 6.92 Å². The van der Waals surface area contributed by atoms with Gasteiger partial charge in [-0.1, -0.05) is 13.0 Å². The Labute approximate surface area is 125 Å². The van der Waals surface area contributed by atoms with E-state index in [2.05, 4.69) is 52.7 Å². The zero-order chi connectivity index (χ0) is 14.4. The molecule has 2 aromatic rings. The summed E-state index contributed by atoms with van der Waals surface area (Å²) in [5.41, 5.74) is 1.31. The lowest BCUT2D eigenvalue weighted by Gasteiger charge is -2.15. The van der Waals surface area contributed by atoms with Gasteiger partial charge in [0.25, 0.3) is 0 Å². The highest BCUT2D eigenvalue weighted by molar-refractivity contribution is 7.09. The monoisotopic (exact) mass is 292 g/mol. The summed E-state index contributed by atoms with van der Waals surface area (Å²) < 4.78 is 2.29. The van der Waals surface area contributed by atoms with Crippen LogP contribution in [0.5, 0.6) is 0 Å². The second kappa shape index (κ2) is 7.62. The van der Waals surface area contributed by atoms with Crippen molar-refractivity contribution < 1.29 is 5.11 Å². The van der Waals surface area contributed by atoms with Gasteiger partial charge in [0, 0.05) is 23.3 Å². The fraction of sp³-hybridized carbons (Fsp3) is 0.500. The number of aliphatic hydroxyl groups is 1. The van der Waals surface area contributed by atoms with Crippen molar-refractivity contribution in [2.24, 2.45) is 5.92 Å². The summed E-state index contributed by atoms with van der Waals surface area (Å²) in [6, 6.07) is 8.54. The molecule has 4 heteroatoms. The van der Waals surface area contributed by atoms with Crippen molar-refractivity contribution >= 4 is 11.3 Å². The minimum absolute atomic E-state index is 0.213. The molecule has 0 radical (unpaired) electrons. The quantitative estimate of drug-likeness (QED) is 0.784. The third-order valence-electron chi connectivity index (χ3n) is 3.37. The lowest BCUT2D eigenvalue weighted by Crippen LogP contribution is -2.24. The van der Waals surface area contributed by atoms with Crippen LogP contribution in [-0.4, -0.2) is 22.3 Å². The number of nitrogens with one attached hydrogen (secondary N) is 1. The van der Waals surface area contributed by atoms with Crippen LogP contribution in [0.3, 0.4) is 0 Å². The van der Waals surface area contributed by atoms with Crippen LogP contribution in [0.2, 0.25) is 0 Å². The molecular weight excluding hydrogens is 268 g/mol. The normalized spacial score (nSPS) is 14.3.